The number of tetrazole rings is 1. The minimum atomic E-state index is 0.320. The van der Waals surface area contributed by atoms with Gasteiger partial charge < -0.3 is 4.90 Å². The van der Waals surface area contributed by atoms with Gasteiger partial charge in [-0.2, -0.15) is 0 Å². The van der Waals surface area contributed by atoms with Crippen molar-refractivity contribution in [2.75, 3.05) is 6.54 Å². The summed E-state index contributed by atoms with van der Waals surface area (Å²) in [7, 11) is 1.85. The quantitative estimate of drug-likeness (QED) is 0.722. The summed E-state index contributed by atoms with van der Waals surface area (Å²) in [5.41, 5.74) is 0. The third-order valence-electron chi connectivity index (χ3n) is 4.43. The summed E-state index contributed by atoms with van der Waals surface area (Å²) in [4.78, 5) is 14.5. The maximum Gasteiger partial charge on any atom is 0.222 e. The number of hydrogen-bond acceptors (Lipinski definition) is 4. The Balaban J connectivity index is 1.71. The van der Waals surface area contributed by atoms with Gasteiger partial charge in [0.1, 0.15) is 0 Å². The molecule has 6 heteroatoms. The number of carbonyl (C=O) groups excluding carboxylic acids is 1. The second-order valence-corrected chi connectivity index (χ2v) is 5.90. The fourth-order valence-corrected chi connectivity index (χ4v) is 3.19. The summed E-state index contributed by atoms with van der Waals surface area (Å²) >= 11 is 0. The van der Waals surface area contributed by atoms with Gasteiger partial charge in [0.15, 0.2) is 5.82 Å². The van der Waals surface area contributed by atoms with Crippen LogP contribution in [0, 0.1) is 0 Å². The highest BCUT2D eigenvalue weighted by molar-refractivity contribution is 5.76. The lowest BCUT2D eigenvalue weighted by Gasteiger charge is -2.33. The molecule has 1 saturated carbocycles. The molecule has 6 nitrogen and oxygen atoms in total. The fourth-order valence-electron chi connectivity index (χ4n) is 3.19. The molecule has 0 radical (unpaired) electrons. The molecule has 0 atom stereocenters. The Morgan fingerprint density at radius 2 is 2.05 bits per heavy atom. The van der Waals surface area contributed by atoms with Gasteiger partial charge >= 0.3 is 0 Å². The van der Waals surface area contributed by atoms with Crippen molar-refractivity contribution < 1.29 is 4.79 Å². The van der Waals surface area contributed by atoms with Gasteiger partial charge in [0.25, 0.3) is 0 Å². The number of amides is 1. The summed E-state index contributed by atoms with van der Waals surface area (Å²) in [5.74, 6) is 1.21. The maximum absolute atomic E-state index is 12.4. The van der Waals surface area contributed by atoms with Crippen molar-refractivity contribution in [1.29, 1.82) is 0 Å². The lowest BCUT2D eigenvalue weighted by Crippen LogP contribution is -2.41. The Kier molecular flexibility index (Phi) is 6.14. The molecule has 1 fully saturated rings. The van der Waals surface area contributed by atoms with E-state index in [-0.39, 0.29) is 0 Å². The van der Waals surface area contributed by atoms with Crippen molar-refractivity contribution in [2.45, 2.75) is 70.8 Å². The highest BCUT2D eigenvalue weighted by Crippen LogP contribution is 2.23. The molecule has 0 saturated heterocycles. The Bertz CT molecular complexity index is 439. The molecule has 21 heavy (non-hydrogen) atoms. The summed E-state index contributed by atoms with van der Waals surface area (Å²) in [6, 6.07) is 0.485. The van der Waals surface area contributed by atoms with Crippen molar-refractivity contribution in [3.63, 3.8) is 0 Å². The Morgan fingerprint density at radius 1 is 1.29 bits per heavy atom. The van der Waals surface area contributed by atoms with Gasteiger partial charge in [-0.3, -0.25) is 4.79 Å². The van der Waals surface area contributed by atoms with Gasteiger partial charge in [-0.15, -0.1) is 5.10 Å². The Hall–Kier alpha value is -1.46. The van der Waals surface area contributed by atoms with Crippen molar-refractivity contribution >= 4 is 5.91 Å². The van der Waals surface area contributed by atoms with Crippen LogP contribution in [0.3, 0.4) is 0 Å². The van der Waals surface area contributed by atoms with Crippen LogP contribution in [0.5, 0.6) is 0 Å². The first-order chi connectivity index (χ1) is 10.2. The SMILES string of the molecule is CCN(C(=O)CCCCc1nnnn1C)C1CCCCC1. The van der Waals surface area contributed by atoms with Crippen LogP contribution in [0.25, 0.3) is 0 Å². The lowest BCUT2D eigenvalue weighted by atomic mass is 9.94. The first-order valence-electron chi connectivity index (χ1n) is 8.23. The second-order valence-electron chi connectivity index (χ2n) is 5.90. The topological polar surface area (TPSA) is 63.9 Å². The number of carbonyl (C=O) groups is 1. The van der Waals surface area contributed by atoms with Gasteiger partial charge in [-0.25, -0.2) is 4.68 Å². The second kappa shape index (κ2) is 8.10. The average Bonchev–Trinajstić information content (AvgIpc) is 2.91. The minimum Gasteiger partial charge on any atom is -0.340 e. The summed E-state index contributed by atoms with van der Waals surface area (Å²) < 4.78 is 1.70. The third-order valence-corrected chi connectivity index (χ3v) is 4.43. The fraction of sp³-hybridized carbons (Fsp3) is 0.867. The highest BCUT2D eigenvalue weighted by atomic mass is 16.2. The van der Waals surface area contributed by atoms with Crippen LogP contribution in [0.2, 0.25) is 0 Å². The molecule has 2 rings (SSSR count). The minimum absolute atomic E-state index is 0.320. The molecule has 1 amide bonds. The first kappa shape index (κ1) is 15.9. The van der Waals surface area contributed by atoms with E-state index in [4.69, 9.17) is 0 Å². The van der Waals surface area contributed by atoms with E-state index < -0.39 is 0 Å². The number of aryl methyl sites for hydroxylation is 2. The monoisotopic (exact) mass is 293 g/mol. The average molecular weight is 293 g/mol. The zero-order valence-electron chi connectivity index (χ0n) is 13.3. The molecule has 0 N–H and O–H groups in total. The van der Waals surface area contributed by atoms with E-state index in [1.165, 1.54) is 32.1 Å². The van der Waals surface area contributed by atoms with Gasteiger partial charge in [0.2, 0.25) is 5.91 Å². The van der Waals surface area contributed by atoms with E-state index in [0.29, 0.717) is 18.4 Å². The molecule has 0 bridgehead atoms. The molecule has 1 aromatic heterocycles. The van der Waals surface area contributed by atoms with Crippen LogP contribution < -0.4 is 0 Å². The molecule has 118 valence electrons. The van der Waals surface area contributed by atoms with Crippen LogP contribution in [0.4, 0.5) is 0 Å². The smallest absolute Gasteiger partial charge is 0.222 e. The summed E-state index contributed by atoms with van der Waals surface area (Å²) in [6.45, 7) is 2.94. The van der Waals surface area contributed by atoms with E-state index in [1.54, 1.807) is 4.68 Å². The van der Waals surface area contributed by atoms with Gasteiger partial charge in [0, 0.05) is 32.5 Å². The summed E-state index contributed by atoms with van der Waals surface area (Å²) in [6.07, 6.45) is 9.60. The normalized spacial score (nSPS) is 16.1. The number of aromatic nitrogens is 4. The van der Waals surface area contributed by atoms with E-state index >= 15 is 0 Å². The van der Waals surface area contributed by atoms with E-state index in [1.807, 2.05) is 7.05 Å². The predicted molar refractivity (Wildman–Crippen MR) is 80.6 cm³/mol. The molecule has 1 aromatic rings. The van der Waals surface area contributed by atoms with Crippen LogP contribution in [-0.4, -0.2) is 43.6 Å². The summed E-state index contributed by atoms with van der Waals surface area (Å²) in [5, 5.41) is 11.4. The number of nitrogens with zero attached hydrogens (tertiary/aromatic N) is 5. The van der Waals surface area contributed by atoms with Crippen molar-refractivity contribution in [2.24, 2.45) is 7.05 Å². The molecule has 0 aromatic carbocycles. The van der Waals surface area contributed by atoms with Crippen molar-refractivity contribution in [3.8, 4) is 0 Å². The molecule has 0 aliphatic heterocycles. The van der Waals surface area contributed by atoms with E-state index in [9.17, 15) is 4.79 Å². The third kappa shape index (κ3) is 4.51. The largest absolute Gasteiger partial charge is 0.340 e. The van der Waals surface area contributed by atoms with Gasteiger partial charge in [-0.05, 0) is 43.0 Å². The van der Waals surface area contributed by atoms with Gasteiger partial charge in [-0.1, -0.05) is 19.3 Å². The molecule has 1 aliphatic rings. The maximum atomic E-state index is 12.4. The molecule has 1 heterocycles. The van der Waals surface area contributed by atoms with E-state index in [0.717, 1.165) is 31.6 Å². The predicted octanol–water partition coefficient (Wildman–Crippen LogP) is 2.10. The van der Waals surface area contributed by atoms with E-state index in [2.05, 4.69) is 27.3 Å². The number of rotatable bonds is 7. The molecule has 0 unspecified atom stereocenters. The van der Waals surface area contributed by atoms with Crippen LogP contribution in [0.1, 0.15) is 64.1 Å². The van der Waals surface area contributed by atoms with Crippen LogP contribution in [-0.2, 0) is 18.3 Å². The Labute approximate surface area is 126 Å². The first-order valence-corrected chi connectivity index (χ1v) is 8.23. The molecule has 1 aliphatic carbocycles. The van der Waals surface area contributed by atoms with Crippen molar-refractivity contribution in [1.82, 2.24) is 25.1 Å². The number of unbranched alkanes of at least 4 members (excludes halogenated alkanes) is 1. The Morgan fingerprint density at radius 3 is 2.67 bits per heavy atom. The lowest BCUT2D eigenvalue weighted by molar-refractivity contribution is -0.134. The highest BCUT2D eigenvalue weighted by Gasteiger charge is 2.23. The number of hydrogen-bond donors (Lipinski definition) is 0. The van der Waals surface area contributed by atoms with Crippen LogP contribution in [0.15, 0.2) is 0 Å². The van der Waals surface area contributed by atoms with Crippen molar-refractivity contribution in [3.05, 3.63) is 5.82 Å². The molecular formula is C15H27N5O. The van der Waals surface area contributed by atoms with Crippen LogP contribution >= 0.6 is 0 Å². The molecule has 0 spiro atoms. The molecular weight excluding hydrogens is 266 g/mol. The zero-order valence-corrected chi connectivity index (χ0v) is 13.3. The zero-order chi connectivity index (χ0) is 15.1. The standard InChI is InChI=1S/C15H27N5O/c1-3-20(13-9-5-4-6-10-13)15(21)12-8-7-11-14-16-17-18-19(14)2/h13H,3-12H2,1-2H3. The van der Waals surface area contributed by atoms with Gasteiger partial charge in [0.05, 0.1) is 0 Å².